The van der Waals surface area contributed by atoms with E-state index in [-0.39, 0.29) is 0 Å². The molecule has 96 valence electrons. The van der Waals surface area contributed by atoms with Gasteiger partial charge >= 0.3 is 0 Å². The second-order valence-corrected chi connectivity index (χ2v) is 4.94. The minimum absolute atomic E-state index is 0.903. The van der Waals surface area contributed by atoms with E-state index in [1.807, 2.05) is 6.08 Å². The molecule has 2 rings (SSSR count). The normalized spacial score (nSPS) is 11.0. The van der Waals surface area contributed by atoms with Crippen molar-refractivity contribution in [2.45, 2.75) is 46.1 Å². The Balaban J connectivity index is 2.44. The van der Waals surface area contributed by atoms with Crippen molar-refractivity contribution in [2.75, 3.05) is 0 Å². The quantitative estimate of drug-likeness (QED) is 0.502. The SMILES string of the molecule is C=CCn1c(C)c(CCCCC)c2ccccc21. The van der Waals surface area contributed by atoms with Gasteiger partial charge in [0.1, 0.15) is 0 Å². The van der Waals surface area contributed by atoms with Crippen molar-refractivity contribution in [3.63, 3.8) is 0 Å². The second kappa shape index (κ2) is 5.90. The lowest BCUT2D eigenvalue weighted by Crippen LogP contribution is -1.98. The van der Waals surface area contributed by atoms with Gasteiger partial charge in [-0.25, -0.2) is 0 Å². The third-order valence-corrected chi connectivity index (χ3v) is 3.70. The standard InChI is InChI=1S/C17H23N/c1-4-6-7-10-15-14(3)18(13-5-2)17-12-9-8-11-16(15)17/h5,8-9,11-12H,2,4,6-7,10,13H2,1,3H3. The van der Waals surface area contributed by atoms with Crippen LogP contribution in [0.25, 0.3) is 10.9 Å². The molecule has 0 atom stereocenters. The largest absolute Gasteiger partial charge is 0.341 e. The molecule has 1 aromatic heterocycles. The molecule has 1 heterocycles. The van der Waals surface area contributed by atoms with E-state index in [2.05, 4.69) is 49.3 Å². The molecule has 0 bridgehead atoms. The highest BCUT2D eigenvalue weighted by molar-refractivity contribution is 5.85. The first kappa shape index (κ1) is 12.9. The van der Waals surface area contributed by atoms with Crippen LogP contribution in [0, 0.1) is 6.92 Å². The van der Waals surface area contributed by atoms with Crippen LogP contribution >= 0.6 is 0 Å². The summed E-state index contributed by atoms with van der Waals surface area (Å²) in [4.78, 5) is 0. The molecule has 1 aromatic carbocycles. The molecule has 1 heteroatoms. The second-order valence-electron chi connectivity index (χ2n) is 4.94. The number of para-hydroxylation sites is 1. The molecule has 0 aliphatic heterocycles. The number of aryl methyl sites for hydroxylation is 1. The van der Waals surface area contributed by atoms with Crippen molar-refractivity contribution in [1.82, 2.24) is 4.57 Å². The maximum atomic E-state index is 3.87. The summed E-state index contributed by atoms with van der Waals surface area (Å²) < 4.78 is 2.38. The van der Waals surface area contributed by atoms with Crippen LogP contribution in [0.4, 0.5) is 0 Å². The van der Waals surface area contributed by atoms with Crippen LogP contribution in [0.15, 0.2) is 36.9 Å². The Kier molecular flexibility index (Phi) is 4.24. The summed E-state index contributed by atoms with van der Waals surface area (Å²) in [5.41, 5.74) is 4.29. The first-order chi connectivity index (χ1) is 8.79. The summed E-state index contributed by atoms with van der Waals surface area (Å²) in [6.45, 7) is 9.27. The first-order valence-electron chi connectivity index (χ1n) is 6.97. The van der Waals surface area contributed by atoms with Gasteiger partial charge in [-0.05, 0) is 31.4 Å². The molecule has 0 amide bonds. The van der Waals surface area contributed by atoms with Crippen LogP contribution < -0.4 is 0 Å². The lowest BCUT2D eigenvalue weighted by Gasteiger charge is -2.05. The van der Waals surface area contributed by atoms with Crippen molar-refractivity contribution in [3.8, 4) is 0 Å². The van der Waals surface area contributed by atoms with Gasteiger partial charge in [-0.2, -0.15) is 0 Å². The van der Waals surface area contributed by atoms with Crippen molar-refractivity contribution in [2.24, 2.45) is 0 Å². The maximum absolute atomic E-state index is 3.87. The highest BCUT2D eigenvalue weighted by atomic mass is 15.0. The van der Waals surface area contributed by atoms with Crippen LogP contribution in [-0.2, 0) is 13.0 Å². The van der Waals surface area contributed by atoms with Crippen molar-refractivity contribution in [3.05, 3.63) is 48.2 Å². The van der Waals surface area contributed by atoms with Crippen molar-refractivity contribution >= 4 is 10.9 Å². The van der Waals surface area contributed by atoms with E-state index in [4.69, 9.17) is 0 Å². The van der Waals surface area contributed by atoms with Crippen LogP contribution in [0.1, 0.15) is 37.4 Å². The molecule has 2 aromatic rings. The number of aromatic nitrogens is 1. The summed E-state index contributed by atoms with van der Waals surface area (Å²) in [7, 11) is 0. The summed E-state index contributed by atoms with van der Waals surface area (Å²) in [5, 5.41) is 1.42. The van der Waals surface area contributed by atoms with E-state index < -0.39 is 0 Å². The van der Waals surface area contributed by atoms with E-state index in [1.54, 1.807) is 0 Å². The third-order valence-electron chi connectivity index (χ3n) is 3.70. The van der Waals surface area contributed by atoms with E-state index in [1.165, 1.54) is 47.8 Å². The number of rotatable bonds is 6. The smallest absolute Gasteiger partial charge is 0.0488 e. The highest BCUT2D eigenvalue weighted by Gasteiger charge is 2.11. The summed E-state index contributed by atoms with van der Waals surface area (Å²) in [6, 6.07) is 8.74. The molecule has 0 fully saturated rings. The molecular weight excluding hydrogens is 218 g/mol. The molecule has 0 aliphatic rings. The minimum Gasteiger partial charge on any atom is -0.341 e. The lowest BCUT2D eigenvalue weighted by molar-refractivity contribution is 0.711. The zero-order valence-corrected chi connectivity index (χ0v) is 11.6. The molecule has 0 aliphatic carbocycles. The van der Waals surface area contributed by atoms with E-state index in [9.17, 15) is 0 Å². The predicted molar refractivity (Wildman–Crippen MR) is 80.1 cm³/mol. The Morgan fingerprint density at radius 3 is 2.72 bits per heavy atom. The Morgan fingerprint density at radius 2 is 2.00 bits per heavy atom. The number of nitrogens with zero attached hydrogens (tertiary/aromatic N) is 1. The number of allylic oxidation sites excluding steroid dienone is 1. The van der Waals surface area contributed by atoms with Gasteiger partial charge in [-0.15, -0.1) is 6.58 Å². The van der Waals surface area contributed by atoms with Crippen molar-refractivity contribution in [1.29, 1.82) is 0 Å². The monoisotopic (exact) mass is 241 g/mol. The Morgan fingerprint density at radius 1 is 1.22 bits per heavy atom. The summed E-state index contributed by atoms with van der Waals surface area (Å²) >= 11 is 0. The maximum Gasteiger partial charge on any atom is 0.0488 e. The van der Waals surface area contributed by atoms with Crippen LogP contribution in [0.5, 0.6) is 0 Å². The van der Waals surface area contributed by atoms with Gasteiger partial charge in [0.15, 0.2) is 0 Å². The molecule has 0 unspecified atom stereocenters. The molecule has 0 N–H and O–H groups in total. The van der Waals surface area contributed by atoms with E-state index in [0.29, 0.717) is 0 Å². The molecule has 0 spiro atoms. The van der Waals surface area contributed by atoms with Crippen LogP contribution in [0.3, 0.4) is 0 Å². The topological polar surface area (TPSA) is 4.93 Å². The van der Waals surface area contributed by atoms with Gasteiger partial charge in [-0.3, -0.25) is 0 Å². The Labute approximate surface area is 110 Å². The Hall–Kier alpha value is -1.50. The lowest BCUT2D eigenvalue weighted by atomic mass is 10.0. The fourth-order valence-electron chi connectivity index (χ4n) is 2.73. The molecule has 18 heavy (non-hydrogen) atoms. The molecule has 0 saturated heterocycles. The summed E-state index contributed by atoms with van der Waals surface area (Å²) in [5.74, 6) is 0. The number of unbranched alkanes of at least 4 members (excludes halogenated alkanes) is 2. The van der Waals surface area contributed by atoms with Gasteiger partial charge in [0.2, 0.25) is 0 Å². The molecule has 1 nitrogen and oxygen atoms in total. The van der Waals surface area contributed by atoms with Gasteiger partial charge in [-0.1, -0.05) is 44.0 Å². The third kappa shape index (κ3) is 2.35. The number of hydrogen-bond donors (Lipinski definition) is 0. The molecular formula is C17H23N. The van der Waals surface area contributed by atoms with Gasteiger partial charge < -0.3 is 4.57 Å². The highest BCUT2D eigenvalue weighted by Crippen LogP contribution is 2.27. The van der Waals surface area contributed by atoms with Crippen molar-refractivity contribution < 1.29 is 0 Å². The number of fused-ring (bicyclic) bond motifs is 1. The van der Waals surface area contributed by atoms with Gasteiger partial charge in [0.05, 0.1) is 0 Å². The van der Waals surface area contributed by atoms with E-state index >= 15 is 0 Å². The average molecular weight is 241 g/mol. The zero-order chi connectivity index (χ0) is 13.0. The van der Waals surface area contributed by atoms with Gasteiger partial charge in [0.25, 0.3) is 0 Å². The Bertz CT molecular complexity index is 534. The number of hydrogen-bond acceptors (Lipinski definition) is 0. The van der Waals surface area contributed by atoms with Gasteiger partial charge in [0, 0.05) is 23.1 Å². The minimum atomic E-state index is 0.903. The molecule has 0 saturated carbocycles. The average Bonchev–Trinajstić information content (AvgIpc) is 2.65. The van der Waals surface area contributed by atoms with Crippen LogP contribution in [-0.4, -0.2) is 4.57 Å². The fourth-order valence-corrected chi connectivity index (χ4v) is 2.73. The van der Waals surface area contributed by atoms with Crippen LogP contribution in [0.2, 0.25) is 0 Å². The zero-order valence-electron chi connectivity index (χ0n) is 11.6. The number of benzene rings is 1. The summed E-state index contributed by atoms with van der Waals surface area (Å²) in [6.07, 6.45) is 7.07. The fraction of sp³-hybridized carbons (Fsp3) is 0.412. The molecule has 0 radical (unpaired) electrons. The van der Waals surface area contributed by atoms with E-state index in [0.717, 1.165) is 6.54 Å². The first-order valence-corrected chi connectivity index (χ1v) is 6.97. The predicted octanol–water partition coefficient (Wildman–Crippen LogP) is 4.87.